The van der Waals surface area contributed by atoms with Crippen molar-refractivity contribution in [3.05, 3.63) is 0 Å². The van der Waals surface area contributed by atoms with E-state index in [1.807, 2.05) is 0 Å². The largest absolute Gasteiger partial charge is 0.391 e. The topological polar surface area (TPSA) is 84.6 Å². The molecule has 5 heteroatoms. The molecule has 1 aliphatic rings. The van der Waals surface area contributed by atoms with Crippen molar-refractivity contribution in [1.82, 2.24) is 5.32 Å². The maximum atomic E-state index is 11.6. The maximum absolute atomic E-state index is 11.6. The Morgan fingerprint density at radius 2 is 2.33 bits per heavy atom. The van der Waals surface area contributed by atoms with Crippen molar-refractivity contribution in [3.63, 3.8) is 0 Å². The standard InChI is InChI=1S/C10H20N2O3/c1-15-6-8(13)2-5-12-9(14)10(7-11)3-4-10/h8,13H,2-7,11H2,1H3,(H,12,14). The molecule has 0 heterocycles. The minimum atomic E-state index is -0.511. The number of ether oxygens (including phenoxy) is 1. The summed E-state index contributed by atoms with van der Waals surface area (Å²) in [6.07, 6.45) is 1.77. The molecule has 1 aliphatic carbocycles. The third-order valence-electron chi connectivity index (χ3n) is 2.85. The molecule has 0 aromatic heterocycles. The van der Waals surface area contributed by atoms with Gasteiger partial charge in [0.15, 0.2) is 0 Å². The lowest BCUT2D eigenvalue weighted by molar-refractivity contribution is -0.126. The van der Waals surface area contributed by atoms with E-state index >= 15 is 0 Å². The van der Waals surface area contributed by atoms with Crippen LogP contribution in [-0.2, 0) is 9.53 Å². The second kappa shape index (κ2) is 5.44. The van der Waals surface area contributed by atoms with E-state index in [1.165, 1.54) is 7.11 Å². The number of nitrogens with one attached hydrogen (secondary N) is 1. The molecule has 88 valence electrons. The summed E-state index contributed by atoms with van der Waals surface area (Å²) >= 11 is 0. The lowest BCUT2D eigenvalue weighted by Gasteiger charge is -2.14. The Kier molecular flexibility index (Phi) is 4.50. The van der Waals surface area contributed by atoms with Crippen molar-refractivity contribution < 1.29 is 14.6 Å². The van der Waals surface area contributed by atoms with Crippen molar-refractivity contribution in [3.8, 4) is 0 Å². The number of carbonyl (C=O) groups is 1. The van der Waals surface area contributed by atoms with Gasteiger partial charge in [0.1, 0.15) is 0 Å². The van der Waals surface area contributed by atoms with Gasteiger partial charge in [0, 0.05) is 20.2 Å². The fraction of sp³-hybridized carbons (Fsp3) is 0.900. The summed E-state index contributed by atoms with van der Waals surface area (Å²) in [6, 6.07) is 0. The van der Waals surface area contributed by atoms with Crippen LogP contribution in [0.4, 0.5) is 0 Å². The van der Waals surface area contributed by atoms with Gasteiger partial charge < -0.3 is 20.9 Å². The van der Waals surface area contributed by atoms with Gasteiger partial charge in [0.05, 0.1) is 18.1 Å². The first kappa shape index (κ1) is 12.4. The van der Waals surface area contributed by atoms with E-state index in [-0.39, 0.29) is 11.3 Å². The molecule has 0 aromatic carbocycles. The van der Waals surface area contributed by atoms with Gasteiger partial charge >= 0.3 is 0 Å². The van der Waals surface area contributed by atoms with Crippen LogP contribution in [0.3, 0.4) is 0 Å². The van der Waals surface area contributed by atoms with Gasteiger partial charge in [-0.2, -0.15) is 0 Å². The van der Waals surface area contributed by atoms with E-state index in [2.05, 4.69) is 5.32 Å². The summed E-state index contributed by atoms with van der Waals surface area (Å²) in [6.45, 7) is 1.20. The predicted molar refractivity (Wildman–Crippen MR) is 56.2 cm³/mol. The summed E-state index contributed by atoms with van der Waals surface area (Å²) in [5.74, 6) is 0.0228. The number of methoxy groups -OCH3 is 1. The van der Waals surface area contributed by atoms with Crippen LogP contribution in [-0.4, -0.2) is 43.9 Å². The Balaban J connectivity index is 2.12. The van der Waals surface area contributed by atoms with Gasteiger partial charge in [-0.05, 0) is 19.3 Å². The highest BCUT2D eigenvalue weighted by molar-refractivity contribution is 5.85. The fourth-order valence-corrected chi connectivity index (χ4v) is 1.49. The van der Waals surface area contributed by atoms with Crippen molar-refractivity contribution >= 4 is 5.91 Å². The minimum absolute atomic E-state index is 0.0228. The van der Waals surface area contributed by atoms with Gasteiger partial charge in [-0.15, -0.1) is 0 Å². The second-order valence-corrected chi connectivity index (χ2v) is 4.14. The van der Waals surface area contributed by atoms with Crippen LogP contribution >= 0.6 is 0 Å². The molecule has 0 spiro atoms. The maximum Gasteiger partial charge on any atom is 0.227 e. The molecule has 4 N–H and O–H groups in total. The van der Waals surface area contributed by atoms with E-state index in [1.54, 1.807) is 0 Å². The smallest absolute Gasteiger partial charge is 0.227 e. The monoisotopic (exact) mass is 216 g/mol. The van der Waals surface area contributed by atoms with Crippen molar-refractivity contribution in [2.75, 3.05) is 26.8 Å². The average Bonchev–Trinajstić information content (AvgIpc) is 2.98. The number of aliphatic hydroxyl groups is 1. The number of aliphatic hydroxyl groups excluding tert-OH is 1. The molecule has 0 aliphatic heterocycles. The quantitative estimate of drug-likeness (QED) is 0.522. The Hall–Kier alpha value is -0.650. The summed E-state index contributed by atoms with van der Waals surface area (Å²) in [7, 11) is 1.54. The van der Waals surface area contributed by atoms with Gasteiger partial charge in [0.25, 0.3) is 0 Å². The molecular weight excluding hydrogens is 196 g/mol. The molecule has 0 aromatic rings. The summed E-state index contributed by atoms with van der Waals surface area (Å²) in [5, 5.41) is 12.1. The SMILES string of the molecule is COCC(O)CCNC(=O)C1(CN)CC1. The molecule has 5 nitrogen and oxygen atoms in total. The van der Waals surface area contributed by atoms with Gasteiger partial charge in [-0.3, -0.25) is 4.79 Å². The zero-order valence-electron chi connectivity index (χ0n) is 9.16. The Morgan fingerprint density at radius 1 is 1.67 bits per heavy atom. The molecule has 1 rings (SSSR count). The highest BCUT2D eigenvalue weighted by Gasteiger charge is 2.48. The van der Waals surface area contributed by atoms with E-state index in [4.69, 9.17) is 10.5 Å². The highest BCUT2D eigenvalue weighted by atomic mass is 16.5. The highest BCUT2D eigenvalue weighted by Crippen LogP contribution is 2.44. The molecule has 0 bridgehead atoms. The Bertz CT molecular complexity index is 217. The number of rotatable bonds is 7. The van der Waals surface area contributed by atoms with Crippen molar-refractivity contribution in [1.29, 1.82) is 0 Å². The van der Waals surface area contributed by atoms with E-state index in [0.717, 1.165) is 12.8 Å². The molecule has 0 radical (unpaired) electrons. The lowest BCUT2D eigenvalue weighted by atomic mass is 10.1. The number of carbonyl (C=O) groups excluding carboxylic acids is 1. The molecule has 1 unspecified atom stereocenters. The second-order valence-electron chi connectivity index (χ2n) is 4.14. The molecular formula is C10H20N2O3. The van der Waals surface area contributed by atoms with Crippen LogP contribution in [0, 0.1) is 5.41 Å². The lowest BCUT2D eigenvalue weighted by Crippen LogP contribution is -2.38. The average molecular weight is 216 g/mol. The van der Waals surface area contributed by atoms with E-state index in [0.29, 0.717) is 26.1 Å². The van der Waals surface area contributed by atoms with Crippen molar-refractivity contribution in [2.45, 2.75) is 25.4 Å². The minimum Gasteiger partial charge on any atom is -0.391 e. The summed E-state index contributed by atoms with van der Waals surface area (Å²) in [4.78, 5) is 11.6. The molecule has 1 fully saturated rings. The zero-order valence-corrected chi connectivity index (χ0v) is 9.16. The molecule has 1 atom stereocenters. The number of amides is 1. The summed E-state index contributed by atoms with van der Waals surface area (Å²) in [5.41, 5.74) is 5.22. The predicted octanol–water partition coefficient (Wildman–Crippen LogP) is -0.761. The third kappa shape index (κ3) is 3.44. The van der Waals surface area contributed by atoms with Crippen molar-refractivity contribution in [2.24, 2.45) is 11.1 Å². The zero-order chi connectivity index (χ0) is 11.3. The normalized spacial score (nSPS) is 19.7. The first-order valence-electron chi connectivity index (χ1n) is 5.30. The fourth-order valence-electron chi connectivity index (χ4n) is 1.49. The van der Waals surface area contributed by atoms with Crippen LogP contribution < -0.4 is 11.1 Å². The van der Waals surface area contributed by atoms with Crippen LogP contribution in [0.15, 0.2) is 0 Å². The van der Waals surface area contributed by atoms with E-state index < -0.39 is 6.10 Å². The molecule has 0 saturated heterocycles. The summed E-state index contributed by atoms with van der Waals surface area (Å²) < 4.78 is 4.78. The third-order valence-corrected chi connectivity index (χ3v) is 2.85. The van der Waals surface area contributed by atoms with Gasteiger partial charge in [0.2, 0.25) is 5.91 Å². The van der Waals surface area contributed by atoms with Crippen LogP contribution in [0.5, 0.6) is 0 Å². The first-order valence-corrected chi connectivity index (χ1v) is 5.30. The molecule has 1 amide bonds. The number of hydrogen-bond acceptors (Lipinski definition) is 4. The Morgan fingerprint density at radius 3 is 2.80 bits per heavy atom. The first-order chi connectivity index (χ1) is 7.14. The number of nitrogens with two attached hydrogens (primary N) is 1. The van der Waals surface area contributed by atoms with Crippen LogP contribution in [0.25, 0.3) is 0 Å². The molecule has 15 heavy (non-hydrogen) atoms. The van der Waals surface area contributed by atoms with E-state index in [9.17, 15) is 9.90 Å². The molecule has 1 saturated carbocycles. The Labute approximate surface area is 90.0 Å². The van der Waals surface area contributed by atoms with Gasteiger partial charge in [-0.25, -0.2) is 0 Å². The van der Waals surface area contributed by atoms with Crippen LogP contribution in [0.2, 0.25) is 0 Å². The number of hydrogen-bond donors (Lipinski definition) is 3. The van der Waals surface area contributed by atoms with Crippen LogP contribution in [0.1, 0.15) is 19.3 Å². The van der Waals surface area contributed by atoms with Gasteiger partial charge in [-0.1, -0.05) is 0 Å².